The summed E-state index contributed by atoms with van der Waals surface area (Å²) in [5.41, 5.74) is 5.04. The fourth-order valence-electron chi connectivity index (χ4n) is 5.11. The van der Waals surface area contributed by atoms with Crippen LogP contribution in [-0.2, 0) is 6.42 Å². The Kier molecular flexibility index (Phi) is 7.16. The van der Waals surface area contributed by atoms with Crippen LogP contribution in [0, 0.1) is 12.8 Å². The Morgan fingerprint density at radius 3 is 2.21 bits per heavy atom. The lowest BCUT2D eigenvalue weighted by Crippen LogP contribution is -2.35. The summed E-state index contributed by atoms with van der Waals surface area (Å²) >= 11 is 0. The Morgan fingerprint density at radius 1 is 0.882 bits per heavy atom. The predicted molar refractivity (Wildman–Crippen MR) is 137 cm³/mol. The molecule has 0 saturated carbocycles. The number of likely N-dealkylation sites (tertiary alicyclic amines) is 1. The summed E-state index contributed by atoms with van der Waals surface area (Å²) in [6.45, 7) is 5.49. The molecule has 0 radical (unpaired) electrons. The van der Waals surface area contributed by atoms with Crippen LogP contribution in [0.2, 0.25) is 0 Å². The number of aromatic nitrogens is 2. The van der Waals surface area contributed by atoms with Crippen LogP contribution in [0.1, 0.15) is 47.8 Å². The van der Waals surface area contributed by atoms with Crippen LogP contribution >= 0.6 is 0 Å². The molecule has 4 nitrogen and oxygen atoms in total. The van der Waals surface area contributed by atoms with E-state index in [4.69, 9.17) is 4.52 Å². The van der Waals surface area contributed by atoms with Crippen molar-refractivity contribution >= 4 is 0 Å². The van der Waals surface area contributed by atoms with Crippen molar-refractivity contribution in [1.29, 1.82) is 0 Å². The van der Waals surface area contributed by atoms with Crippen LogP contribution in [0.4, 0.5) is 0 Å². The second-order valence-electron chi connectivity index (χ2n) is 9.53. The molecule has 1 aromatic heterocycles. The molecule has 1 saturated heterocycles. The number of aryl methyl sites for hydroxylation is 1. The number of hydrogen-bond donors (Lipinski definition) is 0. The number of rotatable bonds is 8. The van der Waals surface area contributed by atoms with Crippen molar-refractivity contribution < 1.29 is 4.52 Å². The van der Waals surface area contributed by atoms with Crippen molar-refractivity contribution in [3.05, 3.63) is 108 Å². The van der Waals surface area contributed by atoms with Crippen LogP contribution in [0.25, 0.3) is 11.4 Å². The zero-order valence-electron chi connectivity index (χ0n) is 19.9. The highest BCUT2D eigenvalue weighted by Gasteiger charge is 2.23. The van der Waals surface area contributed by atoms with E-state index in [1.807, 2.05) is 12.1 Å². The largest absolute Gasteiger partial charge is 0.339 e. The predicted octanol–water partition coefficient (Wildman–Crippen LogP) is 6.52. The molecule has 174 valence electrons. The van der Waals surface area contributed by atoms with Gasteiger partial charge in [-0.15, -0.1) is 0 Å². The van der Waals surface area contributed by atoms with Gasteiger partial charge >= 0.3 is 0 Å². The summed E-state index contributed by atoms with van der Waals surface area (Å²) in [6, 6.07) is 30.1. The van der Waals surface area contributed by atoms with Crippen LogP contribution < -0.4 is 0 Å². The molecule has 1 aliphatic rings. The third-order valence-electron chi connectivity index (χ3n) is 7.05. The van der Waals surface area contributed by atoms with Gasteiger partial charge in [0.2, 0.25) is 11.7 Å². The molecule has 3 aromatic carbocycles. The Labute approximate surface area is 202 Å². The number of benzene rings is 3. The van der Waals surface area contributed by atoms with E-state index in [9.17, 15) is 0 Å². The molecule has 5 rings (SSSR count). The van der Waals surface area contributed by atoms with Crippen molar-refractivity contribution in [1.82, 2.24) is 15.0 Å². The van der Waals surface area contributed by atoms with Crippen molar-refractivity contribution in [2.45, 2.75) is 38.5 Å². The van der Waals surface area contributed by atoms with Crippen LogP contribution in [-0.4, -0.2) is 34.7 Å². The molecule has 2 heterocycles. The van der Waals surface area contributed by atoms with Gasteiger partial charge in [-0.05, 0) is 68.9 Å². The lowest BCUT2D eigenvalue weighted by molar-refractivity contribution is 0.174. The molecule has 34 heavy (non-hydrogen) atoms. The maximum absolute atomic E-state index is 5.59. The Hall–Kier alpha value is -3.24. The van der Waals surface area contributed by atoms with Crippen molar-refractivity contribution in [2.75, 3.05) is 19.6 Å². The van der Waals surface area contributed by atoms with Crippen LogP contribution in [0.5, 0.6) is 0 Å². The molecule has 0 spiro atoms. The van der Waals surface area contributed by atoms with E-state index in [2.05, 4.69) is 94.8 Å². The number of hydrogen-bond acceptors (Lipinski definition) is 4. The molecular formula is C30H33N3O. The van der Waals surface area contributed by atoms with E-state index < -0.39 is 0 Å². The molecule has 0 bridgehead atoms. The second kappa shape index (κ2) is 10.8. The van der Waals surface area contributed by atoms with E-state index >= 15 is 0 Å². The fraction of sp³-hybridized carbons (Fsp3) is 0.333. The molecule has 0 N–H and O–H groups in total. The Balaban J connectivity index is 1.14. The molecule has 0 aliphatic carbocycles. The van der Waals surface area contributed by atoms with E-state index in [0.717, 1.165) is 43.9 Å². The third-order valence-corrected chi connectivity index (χ3v) is 7.05. The standard InChI is InChI=1S/C30H33N3O/c1-23-9-8-14-27(21-23)30-31-29(34-32-30)22-24-15-18-33(19-16-24)20-17-28(25-10-4-2-5-11-25)26-12-6-3-7-13-26/h2-14,21,24,28H,15-20,22H2,1H3. The van der Waals surface area contributed by atoms with Gasteiger partial charge in [0, 0.05) is 17.9 Å². The monoisotopic (exact) mass is 451 g/mol. The van der Waals surface area contributed by atoms with Gasteiger partial charge in [0.05, 0.1) is 0 Å². The summed E-state index contributed by atoms with van der Waals surface area (Å²) in [5.74, 6) is 2.52. The third kappa shape index (κ3) is 5.63. The number of piperidine rings is 1. The Morgan fingerprint density at radius 2 is 1.56 bits per heavy atom. The van der Waals surface area contributed by atoms with Crippen molar-refractivity contribution in [3.63, 3.8) is 0 Å². The highest BCUT2D eigenvalue weighted by Crippen LogP contribution is 2.29. The molecule has 0 amide bonds. The average Bonchev–Trinajstić information content (AvgIpc) is 3.35. The number of nitrogens with zero attached hydrogens (tertiary/aromatic N) is 3. The molecule has 0 unspecified atom stereocenters. The van der Waals surface area contributed by atoms with Crippen LogP contribution in [0.15, 0.2) is 89.5 Å². The highest BCUT2D eigenvalue weighted by atomic mass is 16.5. The summed E-state index contributed by atoms with van der Waals surface area (Å²) in [4.78, 5) is 7.30. The van der Waals surface area contributed by atoms with Gasteiger partial charge in [-0.2, -0.15) is 4.98 Å². The van der Waals surface area contributed by atoms with Gasteiger partial charge in [-0.1, -0.05) is 89.6 Å². The topological polar surface area (TPSA) is 42.2 Å². The van der Waals surface area contributed by atoms with Gasteiger partial charge in [-0.25, -0.2) is 0 Å². The van der Waals surface area contributed by atoms with E-state index in [0.29, 0.717) is 17.7 Å². The summed E-state index contributed by atoms with van der Waals surface area (Å²) in [5, 5.41) is 4.22. The lowest BCUT2D eigenvalue weighted by Gasteiger charge is -2.32. The van der Waals surface area contributed by atoms with E-state index in [1.165, 1.54) is 29.5 Å². The quantitative estimate of drug-likeness (QED) is 0.306. The van der Waals surface area contributed by atoms with Crippen molar-refractivity contribution in [2.24, 2.45) is 5.92 Å². The summed E-state index contributed by atoms with van der Waals surface area (Å²) in [6.07, 6.45) is 4.39. The first-order valence-corrected chi connectivity index (χ1v) is 12.5. The summed E-state index contributed by atoms with van der Waals surface area (Å²) in [7, 11) is 0. The van der Waals surface area contributed by atoms with Crippen molar-refractivity contribution in [3.8, 4) is 11.4 Å². The zero-order valence-corrected chi connectivity index (χ0v) is 19.9. The fourth-order valence-corrected chi connectivity index (χ4v) is 5.11. The van der Waals surface area contributed by atoms with Gasteiger partial charge in [-0.3, -0.25) is 0 Å². The van der Waals surface area contributed by atoms with Gasteiger partial charge in [0.1, 0.15) is 0 Å². The minimum atomic E-state index is 0.443. The average molecular weight is 452 g/mol. The molecular weight excluding hydrogens is 418 g/mol. The van der Waals surface area contributed by atoms with Gasteiger partial charge in [0.15, 0.2) is 0 Å². The normalized spacial score (nSPS) is 15.1. The highest BCUT2D eigenvalue weighted by molar-refractivity contribution is 5.55. The van der Waals surface area contributed by atoms with Gasteiger partial charge in [0.25, 0.3) is 0 Å². The smallest absolute Gasteiger partial charge is 0.227 e. The Bertz CT molecular complexity index is 1120. The first kappa shape index (κ1) is 22.5. The first-order chi connectivity index (χ1) is 16.7. The zero-order chi connectivity index (χ0) is 23.2. The maximum Gasteiger partial charge on any atom is 0.227 e. The molecule has 0 atom stereocenters. The second-order valence-corrected chi connectivity index (χ2v) is 9.53. The molecule has 4 heteroatoms. The lowest BCUT2D eigenvalue weighted by atomic mass is 9.87. The van der Waals surface area contributed by atoms with Gasteiger partial charge < -0.3 is 9.42 Å². The summed E-state index contributed by atoms with van der Waals surface area (Å²) < 4.78 is 5.59. The van der Waals surface area contributed by atoms with Crippen LogP contribution in [0.3, 0.4) is 0 Å². The molecule has 4 aromatic rings. The molecule has 1 fully saturated rings. The minimum absolute atomic E-state index is 0.443. The first-order valence-electron chi connectivity index (χ1n) is 12.5. The van der Waals surface area contributed by atoms with E-state index in [-0.39, 0.29) is 0 Å². The van der Waals surface area contributed by atoms with E-state index in [1.54, 1.807) is 0 Å². The molecule has 1 aliphatic heterocycles. The minimum Gasteiger partial charge on any atom is -0.339 e. The SMILES string of the molecule is Cc1cccc(-c2noc(CC3CCN(CCC(c4ccccc4)c4ccccc4)CC3)n2)c1. The maximum atomic E-state index is 5.59.